The summed E-state index contributed by atoms with van der Waals surface area (Å²) in [6, 6.07) is 7.19. The zero-order chi connectivity index (χ0) is 22.8. The molecule has 0 atom stereocenters. The van der Waals surface area contributed by atoms with Crippen LogP contribution in [0, 0.1) is 29.4 Å². The van der Waals surface area contributed by atoms with E-state index in [2.05, 4.69) is 6.92 Å². The van der Waals surface area contributed by atoms with E-state index >= 15 is 8.78 Å². The number of benzene rings is 2. The van der Waals surface area contributed by atoms with E-state index in [-0.39, 0.29) is 22.7 Å². The normalized spacial score (nSPS) is 21.9. The Balaban J connectivity index is 1.31. The zero-order valence-electron chi connectivity index (χ0n) is 19.8. The summed E-state index contributed by atoms with van der Waals surface area (Å²) in [5, 5.41) is 1.24. The Labute approximate surface area is 195 Å². The van der Waals surface area contributed by atoms with E-state index in [4.69, 9.17) is 9.15 Å². The molecule has 0 amide bonds. The summed E-state index contributed by atoms with van der Waals surface area (Å²) in [5.41, 5.74) is 0.940. The fourth-order valence-electron chi connectivity index (χ4n) is 6.13. The minimum Gasteiger partial charge on any atom is -0.490 e. The highest BCUT2D eigenvalue weighted by atomic mass is 19.1. The first-order valence-electron chi connectivity index (χ1n) is 13.1. The lowest BCUT2D eigenvalue weighted by Crippen LogP contribution is -2.15. The van der Waals surface area contributed by atoms with Crippen LogP contribution in [0.15, 0.2) is 28.7 Å². The van der Waals surface area contributed by atoms with E-state index in [9.17, 15) is 0 Å². The predicted molar refractivity (Wildman–Crippen MR) is 130 cm³/mol. The highest BCUT2D eigenvalue weighted by molar-refractivity contribution is 6.05. The molecule has 5 rings (SSSR count). The van der Waals surface area contributed by atoms with Gasteiger partial charge in [-0.1, -0.05) is 64.4 Å². The van der Waals surface area contributed by atoms with Crippen LogP contribution in [0.5, 0.6) is 5.75 Å². The van der Waals surface area contributed by atoms with Crippen LogP contribution in [0.1, 0.15) is 83.1 Å². The first-order chi connectivity index (χ1) is 16.1. The van der Waals surface area contributed by atoms with Crippen molar-refractivity contribution in [3.8, 4) is 5.75 Å². The van der Waals surface area contributed by atoms with Crippen molar-refractivity contribution in [2.75, 3.05) is 6.61 Å². The standard InChI is InChI=1S/C29H36F2O2/c1-2-5-19-8-10-20(11-9-19)12-13-22-14-15-23-24-16-17-25(32-18-21-6-3-4-7-21)27(31)29(24)33-28(23)26(22)30/h14-17,19-21H,2-13,18H2,1H3. The average Bonchev–Trinajstić information content (AvgIpc) is 3.48. The Morgan fingerprint density at radius 1 is 0.788 bits per heavy atom. The maximum absolute atomic E-state index is 15.4. The van der Waals surface area contributed by atoms with Crippen molar-refractivity contribution in [3.05, 3.63) is 41.5 Å². The van der Waals surface area contributed by atoms with Gasteiger partial charge in [-0.25, -0.2) is 4.39 Å². The Morgan fingerprint density at radius 3 is 2.12 bits per heavy atom. The Kier molecular flexibility index (Phi) is 6.89. The molecule has 2 saturated carbocycles. The van der Waals surface area contributed by atoms with Crippen molar-refractivity contribution in [2.24, 2.45) is 17.8 Å². The molecule has 2 fully saturated rings. The lowest BCUT2D eigenvalue weighted by Gasteiger charge is -2.28. The van der Waals surface area contributed by atoms with Crippen molar-refractivity contribution in [2.45, 2.75) is 84.0 Å². The third-order valence-corrected chi connectivity index (χ3v) is 8.17. The predicted octanol–water partition coefficient (Wildman–Crippen LogP) is 8.97. The van der Waals surface area contributed by atoms with E-state index in [0.29, 0.717) is 41.2 Å². The second-order valence-electron chi connectivity index (χ2n) is 10.4. The number of hydrogen-bond acceptors (Lipinski definition) is 2. The van der Waals surface area contributed by atoms with E-state index in [1.165, 1.54) is 51.4 Å². The van der Waals surface area contributed by atoms with Crippen LogP contribution in [-0.4, -0.2) is 6.61 Å². The number of ether oxygens (including phenoxy) is 1. The fourth-order valence-corrected chi connectivity index (χ4v) is 6.13. The van der Waals surface area contributed by atoms with Gasteiger partial charge in [0.2, 0.25) is 5.82 Å². The number of aryl methyl sites for hydroxylation is 1. The molecule has 33 heavy (non-hydrogen) atoms. The maximum Gasteiger partial charge on any atom is 0.208 e. The Bertz CT molecular complexity index is 1090. The van der Waals surface area contributed by atoms with Crippen LogP contribution in [0.2, 0.25) is 0 Å². The first kappa shape index (κ1) is 22.7. The van der Waals surface area contributed by atoms with Crippen LogP contribution in [0.4, 0.5) is 8.78 Å². The van der Waals surface area contributed by atoms with Crippen molar-refractivity contribution in [1.82, 2.24) is 0 Å². The Morgan fingerprint density at radius 2 is 1.42 bits per heavy atom. The summed E-state index contributed by atoms with van der Waals surface area (Å²) in [5.74, 6) is 1.41. The molecular weight excluding hydrogens is 418 g/mol. The van der Waals surface area contributed by atoms with Gasteiger partial charge in [-0.05, 0) is 67.2 Å². The molecule has 2 aliphatic carbocycles. The summed E-state index contributed by atoms with van der Waals surface area (Å²) in [6.07, 6.45) is 14.2. The second kappa shape index (κ2) is 10.0. The highest BCUT2D eigenvalue weighted by Crippen LogP contribution is 2.38. The topological polar surface area (TPSA) is 22.4 Å². The average molecular weight is 455 g/mol. The van der Waals surface area contributed by atoms with Crippen molar-refractivity contribution in [3.63, 3.8) is 0 Å². The van der Waals surface area contributed by atoms with E-state index < -0.39 is 5.82 Å². The van der Waals surface area contributed by atoms with Crippen LogP contribution in [-0.2, 0) is 6.42 Å². The smallest absolute Gasteiger partial charge is 0.208 e. The van der Waals surface area contributed by atoms with Crippen LogP contribution in [0.25, 0.3) is 21.9 Å². The van der Waals surface area contributed by atoms with Crippen molar-refractivity contribution >= 4 is 21.9 Å². The summed E-state index contributed by atoms with van der Waals surface area (Å²) in [7, 11) is 0. The van der Waals surface area contributed by atoms with E-state index in [1.54, 1.807) is 12.1 Å². The number of fused-ring (bicyclic) bond motifs is 3. The third kappa shape index (κ3) is 4.76. The van der Waals surface area contributed by atoms with Gasteiger partial charge >= 0.3 is 0 Å². The minimum atomic E-state index is -0.522. The molecule has 1 aromatic heterocycles. The maximum atomic E-state index is 15.4. The summed E-state index contributed by atoms with van der Waals surface area (Å²) < 4.78 is 42.1. The largest absolute Gasteiger partial charge is 0.490 e. The molecule has 0 unspecified atom stereocenters. The molecule has 1 heterocycles. The molecule has 0 bridgehead atoms. The Hall–Kier alpha value is -2.10. The minimum absolute atomic E-state index is 0.0965. The van der Waals surface area contributed by atoms with Gasteiger partial charge in [-0.15, -0.1) is 0 Å². The van der Waals surface area contributed by atoms with Gasteiger partial charge in [-0.3, -0.25) is 0 Å². The van der Waals surface area contributed by atoms with Gasteiger partial charge in [0.25, 0.3) is 0 Å². The number of rotatable bonds is 8. The molecule has 0 saturated heterocycles. The first-order valence-corrected chi connectivity index (χ1v) is 13.1. The second-order valence-corrected chi connectivity index (χ2v) is 10.4. The number of hydrogen-bond donors (Lipinski definition) is 0. The van der Waals surface area contributed by atoms with E-state index in [0.717, 1.165) is 25.2 Å². The lowest BCUT2D eigenvalue weighted by molar-refractivity contribution is 0.242. The van der Waals surface area contributed by atoms with Crippen molar-refractivity contribution in [1.29, 1.82) is 0 Å². The molecule has 2 aromatic carbocycles. The zero-order valence-corrected chi connectivity index (χ0v) is 19.8. The fraction of sp³-hybridized carbons (Fsp3) is 0.586. The quantitative estimate of drug-likeness (QED) is 0.339. The molecule has 0 spiro atoms. The monoisotopic (exact) mass is 454 g/mol. The number of halogens is 2. The number of furan rings is 1. The molecule has 0 radical (unpaired) electrons. The molecule has 4 heteroatoms. The molecule has 2 aliphatic rings. The summed E-state index contributed by atoms with van der Waals surface area (Å²) >= 11 is 0. The molecule has 3 aromatic rings. The molecule has 0 N–H and O–H groups in total. The van der Waals surface area contributed by atoms with Gasteiger partial charge < -0.3 is 9.15 Å². The van der Waals surface area contributed by atoms with Gasteiger partial charge in [0.1, 0.15) is 0 Å². The summed E-state index contributed by atoms with van der Waals surface area (Å²) in [6.45, 7) is 2.79. The molecule has 0 aliphatic heterocycles. The molecule has 178 valence electrons. The van der Waals surface area contributed by atoms with Gasteiger partial charge in [-0.2, -0.15) is 4.39 Å². The van der Waals surface area contributed by atoms with Crippen LogP contribution < -0.4 is 4.74 Å². The lowest BCUT2D eigenvalue weighted by atomic mass is 9.78. The SMILES string of the molecule is CCCC1CCC(CCc2ccc3c(oc4c(F)c(OCC5CCCC5)ccc43)c2F)CC1. The summed E-state index contributed by atoms with van der Waals surface area (Å²) in [4.78, 5) is 0. The van der Waals surface area contributed by atoms with Crippen LogP contribution >= 0.6 is 0 Å². The van der Waals surface area contributed by atoms with Crippen molar-refractivity contribution < 1.29 is 17.9 Å². The van der Waals surface area contributed by atoms with Crippen LogP contribution in [0.3, 0.4) is 0 Å². The third-order valence-electron chi connectivity index (χ3n) is 8.17. The highest BCUT2D eigenvalue weighted by Gasteiger charge is 2.23. The molecule has 2 nitrogen and oxygen atoms in total. The van der Waals surface area contributed by atoms with Gasteiger partial charge in [0.15, 0.2) is 22.7 Å². The van der Waals surface area contributed by atoms with Gasteiger partial charge in [0, 0.05) is 10.8 Å². The van der Waals surface area contributed by atoms with Gasteiger partial charge in [0.05, 0.1) is 6.61 Å². The van der Waals surface area contributed by atoms with E-state index in [1.807, 2.05) is 12.1 Å². The molecular formula is C29H36F2O2.